The number of quaternary nitrogens is 1. The summed E-state index contributed by atoms with van der Waals surface area (Å²) in [6.07, 6.45) is 3.77. The molecule has 0 saturated carbocycles. The standard InChI is InChI=1S/C8H13N3/c1-4-11-6-8(5-9-3)10-7(11)2/h4,6,9H,1,5H2,2-3H3/p+1. The van der Waals surface area contributed by atoms with Crippen LogP contribution in [0.2, 0.25) is 0 Å². The van der Waals surface area contributed by atoms with E-state index in [0.717, 1.165) is 18.1 Å². The van der Waals surface area contributed by atoms with E-state index in [9.17, 15) is 0 Å². The molecular weight excluding hydrogens is 138 g/mol. The predicted octanol–water partition coefficient (Wildman–Crippen LogP) is -0.0148. The second-order valence-corrected chi connectivity index (χ2v) is 2.48. The first-order valence-corrected chi connectivity index (χ1v) is 3.72. The van der Waals surface area contributed by atoms with Gasteiger partial charge in [0.25, 0.3) is 0 Å². The van der Waals surface area contributed by atoms with Crippen LogP contribution < -0.4 is 5.32 Å². The zero-order valence-electron chi connectivity index (χ0n) is 7.04. The second kappa shape index (κ2) is 3.34. The van der Waals surface area contributed by atoms with Crippen LogP contribution in [-0.4, -0.2) is 16.6 Å². The molecule has 1 aromatic heterocycles. The van der Waals surface area contributed by atoms with Crippen LogP contribution in [0.5, 0.6) is 0 Å². The summed E-state index contributed by atoms with van der Waals surface area (Å²) < 4.78 is 1.93. The van der Waals surface area contributed by atoms with Crippen molar-refractivity contribution in [2.24, 2.45) is 0 Å². The molecular formula is C8H14N3+. The molecule has 1 aromatic rings. The summed E-state index contributed by atoms with van der Waals surface area (Å²) >= 11 is 0. The first-order valence-electron chi connectivity index (χ1n) is 3.72. The molecule has 2 N–H and O–H groups in total. The lowest BCUT2D eigenvalue weighted by Crippen LogP contribution is -2.77. The molecule has 0 bridgehead atoms. The Morgan fingerprint density at radius 2 is 2.55 bits per heavy atom. The number of imidazole rings is 1. The molecule has 3 nitrogen and oxygen atoms in total. The van der Waals surface area contributed by atoms with Gasteiger partial charge in [0, 0.05) is 12.4 Å². The highest BCUT2D eigenvalue weighted by molar-refractivity contribution is 5.21. The third-order valence-corrected chi connectivity index (χ3v) is 1.58. The highest BCUT2D eigenvalue weighted by Gasteiger charge is 2.00. The summed E-state index contributed by atoms with van der Waals surface area (Å²) in [7, 11) is 2.03. The van der Waals surface area contributed by atoms with Crippen molar-refractivity contribution >= 4 is 6.20 Å². The lowest BCUT2D eigenvalue weighted by atomic mass is 10.5. The van der Waals surface area contributed by atoms with E-state index >= 15 is 0 Å². The van der Waals surface area contributed by atoms with Gasteiger partial charge in [-0.15, -0.1) is 0 Å². The van der Waals surface area contributed by atoms with Crippen molar-refractivity contribution in [1.29, 1.82) is 0 Å². The van der Waals surface area contributed by atoms with E-state index in [1.807, 2.05) is 24.7 Å². The van der Waals surface area contributed by atoms with E-state index in [1.165, 1.54) is 0 Å². The molecule has 0 amide bonds. The smallest absolute Gasteiger partial charge is 0.120 e. The van der Waals surface area contributed by atoms with Crippen LogP contribution in [0.4, 0.5) is 0 Å². The van der Waals surface area contributed by atoms with E-state index in [4.69, 9.17) is 0 Å². The molecule has 0 unspecified atom stereocenters. The zero-order chi connectivity index (χ0) is 8.27. The lowest BCUT2D eigenvalue weighted by Gasteiger charge is -1.90. The largest absolute Gasteiger partial charge is 0.344 e. The minimum Gasteiger partial charge on any atom is -0.344 e. The van der Waals surface area contributed by atoms with Gasteiger partial charge in [0.1, 0.15) is 18.1 Å². The van der Waals surface area contributed by atoms with Crippen LogP contribution in [0.25, 0.3) is 6.20 Å². The Labute approximate surface area is 66.8 Å². The van der Waals surface area contributed by atoms with Crippen molar-refractivity contribution in [3.63, 3.8) is 0 Å². The van der Waals surface area contributed by atoms with Crippen molar-refractivity contribution in [3.8, 4) is 0 Å². The lowest BCUT2D eigenvalue weighted by molar-refractivity contribution is -0.643. The molecule has 0 fully saturated rings. The normalized spacial score (nSPS) is 10.0. The van der Waals surface area contributed by atoms with Crippen molar-refractivity contribution < 1.29 is 5.32 Å². The Hall–Kier alpha value is -1.09. The molecule has 0 aliphatic rings. The van der Waals surface area contributed by atoms with Gasteiger partial charge in [-0.1, -0.05) is 6.58 Å². The summed E-state index contributed by atoms with van der Waals surface area (Å²) in [5.74, 6) is 0.997. The van der Waals surface area contributed by atoms with Crippen LogP contribution in [0, 0.1) is 6.92 Å². The van der Waals surface area contributed by atoms with Crippen LogP contribution in [0.3, 0.4) is 0 Å². The first kappa shape index (κ1) is 8.01. The van der Waals surface area contributed by atoms with Crippen LogP contribution in [0.1, 0.15) is 11.5 Å². The minimum absolute atomic E-state index is 0.932. The van der Waals surface area contributed by atoms with Gasteiger partial charge in [-0.05, 0) is 6.92 Å². The molecule has 0 aliphatic heterocycles. The average molecular weight is 152 g/mol. The minimum atomic E-state index is 0.932. The second-order valence-electron chi connectivity index (χ2n) is 2.48. The van der Waals surface area contributed by atoms with E-state index in [-0.39, 0.29) is 0 Å². The van der Waals surface area contributed by atoms with Crippen LogP contribution in [-0.2, 0) is 6.54 Å². The third-order valence-electron chi connectivity index (χ3n) is 1.58. The van der Waals surface area contributed by atoms with E-state index < -0.39 is 0 Å². The Kier molecular flexibility index (Phi) is 2.44. The first-order chi connectivity index (χ1) is 5.27. The van der Waals surface area contributed by atoms with E-state index in [0.29, 0.717) is 0 Å². The SMILES string of the molecule is C=Cn1cc(C[NH2+]C)nc1C. The summed E-state index contributed by atoms with van der Waals surface area (Å²) in [4.78, 5) is 4.33. The van der Waals surface area contributed by atoms with Gasteiger partial charge in [0.2, 0.25) is 0 Å². The van der Waals surface area contributed by atoms with Crippen molar-refractivity contribution in [2.75, 3.05) is 7.05 Å². The number of aromatic nitrogens is 2. The Morgan fingerprint density at radius 3 is 3.00 bits per heavy atom. The number of hydrogen-bond acceptors (Lipinski definition) is 1. The molecule has 0 atom stereocenters. The van der Waals surface area contributed by atoms with Gasteiger partial charge in [0.15, 0.2) is 0 Å². The predicted molar refractivity (Wildman–Crippen MR) is 44.9 cm³/mol. The maximum Gasteiger partial charge on any atom is 0.120 e. The summed E-state index contributed by atoms with van der Waals surface area (Å²) in [6, 6.07) is 0. The van der Waals surface area contributed by atoms with Gasteiger partial charge in [-0.25, -0.2) is 4.98 Å². The molecule has 11 heavy (non-hydrogen) atoms. The molecule has 0 aromatic carbocycles. The molecule has 0 aliphatic carbocycles. The summed E-state index contributed by atoms with van der Waals surface area (Å²) in [5, 5.41) is 2.09. The van der Waals surface area contributed by atoms with Crippen LogP contribution >= 0.6 is 0 Å². The van der Waals surface area contributed by atoms with Gasteiger partial charge < -0.3 is 9.88 Å². The molecule has 0 saturated heterocycles. The molecule has 60 valence electrons. The zero-order valence-corrected chi connectivity index (χ0v) is 7.04. The summed E-state index contributed by atoms with van der Waals surface area (Å²) in [6.45, 7) is 6.58. The van der Waals surface area contributed by atoms with Gasteiger partial charge in [0.05, 0.1) is 7.05 Å². The average Bonchev–Trinajstić information content (AvgIpc) is 2.32. The maximum absolute atomic E-state index is 4.33. The van der Waals surface area contributed by atoms with E-state index in [1.54, 1.807) is 6.20 Å². The number of nitrogens with two attached hydrogens (primary N) is 1. The van der Waals surface area contributed by atoms with Gasteiger partial charge in [-0.2, -0.15) is 0 Å². The fourth-order valence-corrected chi connectivity index (χ4v) is 1.04. The Morgan fingerprint density at radius 1 is 1.82 bits per heavy atom. The molecule has 1 rings (SSSR count). The molecule has 0 radical (unpaired) electrons. The Bertz CT molecular complexity index is 250. The highest BCUT2D eigenvalue weighted by atomic mass is 15.1. The third kappa shape index (κ3) is 1.68. The van der Waals surface area contributed by atoms with Crippen molar-refractivity contribution in [3.05, 3.63) is 24.3 Å². The highest BCUT2D eigenvalue weighted by Crippen LogP contribution is 2.00. The topological polar surface area (TPSA) is 34.4 Å². The number of hydrogen-bond donors (Lipinski definition) is 1. The number of aryl methyl sites for hydroxylation is 1. The quantitative estimate of drug-likeness (QED) is 0.649. The van der Waals surface area contributed by atoms with E-state index in [2.05, 4.69) is 16.9 Å². The fraction of sp³-hybridized carbons (Fsp3) is 0.375. The van der Waals surface area contributed by atoms with Gasteiger partial charge in [-0.3, -0.25) is 0 Å². The van der Waals surface area contributed by atoms with Crippen LogP contribution in [0.15, 0.2) is 12.8 Å². The summed E-state index contributed by atoms with van der Waals surface area (Å²) in [5.41, 5.74) is 1.10. The molecule has 1 heterocycles. The number of rotatable bonds is 3. The molecule has 0 spiro atoms. The van der Waals surface area contributed by atoms with Crippen molar-refractivity contribution in [2.45, 2.75) is 13.5 Å². The monoisotopic (exact) mass is 152 g/mol. The maximum atomic E-state index is 4.33. The fourth-order valence-electron chi connectivity index (χ4n) is 1.04. The molecule has 3 heteroatoms. The Balaban J connectivity index is 2.86. The van der Waals surface area contributed by atoms with Gasteiger partial charge >= 0.3 is 0 Å². The number of nitrogens with zero attached hydrogens (tertiary/aromatic N) is 2. The van der Waals surface area contributed by atoms with Crippen molar-refractivity contribution in [1.82, 2.24) is 9.55 Å².